The van der Waals surface area contributed by atoms with Gasteiger partial charge in [0.15, 0.2) is 0 Å². The number of hydrogen-bond donors (Lipinski definition) is 1. The quantitative estimate of drug-likeness (QED) is 0.692. The molecule has 0 saturated heterocycles. The molecule has 0 fully saturated rings. The van der Waals surface area contributed by atoms with Crippen LogP contribution < -0.4 is 5.73 Å². The van der Waals surface area contributed by atoms with Gasteiger partial charge >= 0.3 is 0 Å². The van der Waals surface area contributed by atoms with Gasteiger partial charge in [-0.15, -0.1) is 0 Å². The van der Waals surface area contributed by atoms with Gasteiger partial charge in [0.05, 0.1) is 6.54 Å². The fourth-order valence-electron chi connectivity index (χ4n) is 1.35. The van der Waals surface area contributed by atoms with Crippen LogP contribution >= 0.6 is 0 Å². The van der Waals surface area contributed by atoms with E-state index in [0.29, 0.717) is 6.54 Å². The van der Waals surface area contributed by atoms with E-state index in [9.17, 15) is 9.59 Å². The van der Waals surface area contributed by atoms with Crippen LogP contribution in [0.15, 0.2) is 0 Å². The Morgan fingerprint density at radius 3 is 2.25 bits per heavy atom. The Hall–Kier alpha value is -1.10. The zero-order valence-corrected chi connectivity index (χ0v) is 10.7. The Morgan fingerprint density at radius 2 is 1.81 bits per heavy atom. The molecule has 1 unspecified atom stereocenters. The standard InChI is InChI=1S/C11H23N3O2/c1-9(6-5-7-12)11(16)14(4)8-10(15)13(2)3/h9H,5-8,12H2,1-4H3. The molecule has 0 radical (unpaired) electrons. The minimum atomic E-state index is -0.0677. The average Bonchev–Trinajstić information content (AvgIpc) is 2.24. The fraction of sp³-hybridized carbons (Fsp3) is 0.818. The second-order valence-electron chi connectivity index (χ2n) is 4.31. The van der Waals surface area contributed by atoms with Gasteiger partial charge in [-0.2, -0.15) is 0 Å². The molecule has 0 bridgehead atoms. The number of nitrogens with two attached hydrogens (primary N) is 1. The maximum atomic E-state index is 11.8. The number of nitrogens with zero attached hydrogens (tertiary/aromatic N) is 2. The molecule has 0 aromatic heterocycles. The first-order valence-corrected chi connectivity index (χ1v) is 5.55. The Kier molecular flexibility index (Phi) is 6.72. The van der Waals surface area contributed by atoms with E-state index in [0.717, 1.165) is 12.8 Å². The van der Waals surface area contributed by atoms with Gasteiger partial charge in [-0.05, 0) is 19.4 Å². The minimum Gasteiger partial charge on any atom is -0.347 e. The molecule has 0 heterocycles. The molecular weight excluding hydrogens is 206 g/mol. The zero-order chi connectivity index (χ0) is 12.7. The van der Waals surface area contributed by atoms with Gasteiger partial charge in [-0.1, -0.05) is 6.92 Å². The van der Waals surface area contributed by atoms with E-state index < -0.39 is 0 Å². The molecule has 0 aliphatic heterocycles. The predicted molar refractivity (Wildman–Crippen MR) is 63.8 cm³/mol. The number of likely N-dealkylation sites (N-methyl/N-ethyl adjacent to an activating group) is 2. The summed E-state index contributed by atoms with van der Waals surface area (Å²) in [5, 5.41) is 0. The van der Waals surface area contributed by atoms with Crippen molar-refractivity contribution in [3.8, 4) is 0 Å². The first-order chi connectivity index (χ1) is 7.40. The van der Waals surface area contributed by atoms with Crippen LogP contribution in [0.25, 0.3) is 0 Å². The SMILES string of the molecule is CC(CCCN)C(=O)N(C)CC(=O)N(C)C. The molecule has 0 aromatic rings. The van der Waals surface area contributed by atoms with Crippen molar-refractivity contribution in [1.29, 1.82) is 0 Å². The van der Waals surface area contributed by atoms with Gasteiger partial charge in [0, 0.05) is 27.1 Å². The maximum Gasteiger partial charge on any atom is 0.241 e. The van der Waals surface area contributed by atoms with Gasteiger partial charge in [0.2, 0.25) is 11.8 Å². The Morgan fingerprint density at radius 1 is 1.25 bits per heavy atom. The van der Waals surface area contributed by atoms with Gasteiger partial charge < -0.3 is 15.5 Å². The third-order valence-electron chi connectivity index (χ3n) is 2.51. The molecule has 2 amide bonds. The summed E-state index contributed by atoms with van der Waals surface area (Å²) in [6.45, 7) is 2.60. The molecule has 16 heavy (non-hydrogen) atoms. The van der Waals surface area contributed by atoms with E-state index >= 15 is 0 Å². The van der Waals surface area contributed by atoms with Crippen molar-refractivity contribution in [1.82, 2.24) is 9.80 Å². The monoisotopic (exact) mass is 229 g/mol. The molecule has 2 N–H and O–H groups in total. The summed E-state index contributed by atoms with van der Waals surface area (Å²) in [6, 6.07) is 0. The van der Waals surface area contributed by atoms with E-state index in [1.54, 1.807) is 21.1 Å². The average molecular weight is 229 g/mol. The van der Waals surface area contributed by atoms with Crippen LogP contribution in [0.5, 0.6) is 0 Å². The topological polar surface area (TPSA) is 66.6 Å². The molecule has 0 aromatic carbocycles. The number of carbonyl (C=O) groups excluding carboxylic acids is 2. The van der Waals surface area contributed by atoms with Crippen LogP contribution in [-0.2, 0) is 9.59 Å². The second-order valence-corrected chi connectivity index (χ2v) is 4.31. The normalized spacial score (nSPS) is 12.1. The molecular formula is C11H23N3O2. The maximum absolute atomic E-state index is 11.8. The highest BCUT2D eigenvalue weighted by atomic mass is 16.2. The summed E-state index contributed by atoms with van der Waals surface area (Å²) < 4.78 is 0. The van der Waals surface area contributed by atoms with Crippen molar-refractivity contribution in [2.45, 2.75) is 19.8 Å². The molecule has 1 atom stereocenters. The lowest BCUT2D eigenvalue weighted by atomic mass is 10.0. The third-order valence-corrected chi connectivity index (χ3v) is 2.51. The highest BCUT2D eigenvalue weighted by Gasteiger charge is 2.19. The largest absolute Gasteiger partial charge is 0.347 e. The van der Waals surface area contributed by atoms with Crippen LogP contribution in [-0.4, -0.2) is 55.8 Å². The highest BCUT2D eigenvalue weighted by molar-refractivity contribution is 5.85. The molecule has 5 nitrogen and oxygen atoms in total. The molecule has 0 saturated carbocycles. The van der Waals surface area contributed by atoms with E-state index in [1.165, 1.54) is 9.80 Å². The predicted octanol–water partition coefficient (Wildman–Crippen LogP) is -0.0920. The van der Waals surface area contributed by atoms with Crippen molar-refractivity contribution < 1.29 is 9.59 Å². The van der Waals surface area contributed by atoms with Crippen molar-refractivity contribution >= 4 is 11.8 Å². The van der Waals surface area contributed by atoms with Crippen LogP contribution in [0.2, 0.25) is 0 Å². The first-order valence-electron chi connectivity index (χ1n) is 5.55. The molecule has 94 valence electrons. The summed E-state index contributed by atoms with van der Waals surface area (Å²) in [5.74, 6) is -0.131. The summed E-state index contributed by atoms with van der Waals surface area (Å²) in [7, 11) is 5.01. The van der Waals surface area contributed by atoms with E-state index in [2.05, 4.69) is 0 Å². The third kappa shape index (κ3) is 5.11. The smallest absolute Gasteiger partial charge is 0.241 e. The number of amides is 2. The van der Waals surface area contributed by atoms with Gasteiger partial charge in [-0.25, -0.2) is 0 Å². The van der Waals surface area contributed by atoms with Crippen molar-refractivity contribution in [3.63, 3.8) is 0 Å². The number of carbonyl (C=O) groups is 2. The van der Waals surface area contributed by atoms with E-state index in [4.69, 9.17) is 5.73 Å². The second kappa shape index (κ2) is 7.22. The van der Waals surface area contributed by atoms with Gasteiger partial charge in [-0.3, -0.25) is 9.59 Å². The van der Waals surface area contributed by atoms with Crippen LogP contribution in [0.4, 0.5) is 0 Å². The molecule has 5 heteroatoms. The van der Waals surface area contributed by atoms with E-state index in [1.807, 2.05) is 6.92 Å². The lowest BCUT2D eigenvalue weighted by molar-refractivity contribution is -0.140. The Balaban J connectivity index is 4.12. The van der Waals surface area contributed by atoms with Crippen LogP contribution in [0.3, 0.4) is 0 Å². The Bertz CT molecular complexity index is 241. The first kappa shape index (κ1) is 14.9. The lowest BCUT2D eigenvalue weighted by Gasteiger charge is -2.22. The summed E-state index contributed by atoms with van der Waals surface area (Å²) >= 11 is 0. The van der Waals surface area contributed by atoms with E-state index in [-0.39, 0.29) is 24.3 Å². The minimum absolute atomic E-state index is 0.00338. The molecule has 0 spiro atoms. The molecule has 0 aliphatic rings. The lowest BCUT2D eigenvalue weighted by Crippen LogP contribution is -2.40. The zero-order valence-electron chi connectivity index (χ0n) is 10.7. The Labute approximate surface area is 97.6 Å². The molecule has 0 rings (SSSR count). The van der Waals surface area contributed by atoms with Crippen LogP contribution in [0.1, 0.15) is 19.8 Å². The number of rotatable bonds is 6. The fourth-order valence-corrected chi connectivity index (χ4v) is 1.35. The van der Waals surface area contributed by atoms with Crippen molar-refractivity contribution in [3.05, 3.63) is 0 Å². The van der Waals surface area contributed by atoms with Crippen LogP contribution in [0, 0.1) is 5.92 Å². The summed E-state index contributed by atoms with van der Waals surface area (Å²) in [6.07, 6.45) is 1.61. The van der Waals surface area contributed by atoms with Crippen molar-refractivity contribution in [2.75, 3.05) is 34.2 Å². The van der Waals surface area contributed by atoms with Crippen molar-refractivity contribution in [2.24, 2.45) is 11.7 Å². The van der Waals surface area contributed by atoms with Gasteiger partial charge in [0.1, 0.15) is 0 Å². The molecule has 0 aliphatic carbocycles. The highest BCUT2D eigenvalue weighted by Crippen LogP contribution is 2.08. The van der Waals surface area contributed by atoms with Gasteiger partial charge in [0.25, 0.3) is 0 Å². The summed E-state index contributed by atoms with van der Waals surface area (Å²) in [5.41, 5.74) is 5.39. The number of hydrogen-bond acceptors (Lipinski definition) is 3. The summed E-state index contributed by atoms with van der Waals surface area (Å²) in [4.78, 5) is 26.2.